The van der Waals surface area contributed by atoms with Crippen LogP contribution in [0, 0.1) is 11.3 Å². The van der Waals surface area contributed by atoms with E-state index < -0.39 is 30.0 Å². The molecule has 0 spiro atoms. The van der Waals surface area contributed by atoms with Gasteiger partial charge in [-0.1, -0.05) is 0 Å². The number of benzene rings is 1. The first kappa shape index (κ1) is 22.0. The highest BCUT2D eigenvalue weighted by molar-refractivity contribution is 6.63. The number of aromatic nitrogens is 1. The number of nitrogens with zero attached hydrogens (tertiary/aromatic N) is 2. The summed E-state index contributed by atoms with van der Waals surface area (Å²) in [7, 11) is -1.43. The highest BCUT2D eigenvalue weighted by Crippen LogP contribution is 2.26. The summed E-state index contributed by atoms with van der Waals surface area (Å²) < 4.78 is 12.4. The molecular formula is C20H27BN2O5. The molecule has 1 aromatic carbocycles. The molecule has 0 radical (unpaired) electrons. The van der Waals surface area contributed by atoms with E-state index >= 15 is 0 Å². The summed E-state index contributed by atoms with van der Waals surface area (Å²) in [6.45, 7) is 11.8. The maximum absolute atomic E-state index is 12.6. The molecule has 0 unspecified atom stereocenters. The van der Waals surface area contributed by atoms with Crippen molar-refractivity contribution in [2.45, 2.75) is 65.3 Å². The molecule has 0 fully saturated rings. The van der Waals surface area contributed by atoms with Gasteiger partial charge in [-0.25, -0.2) is 4.79 Å². The van der Waals surface area contributed by atoms with Gasteiger partial charge in [0.25, 0.3) is 0 Å². The van der Waals surface area contributed by atoms with Gasteiger partial charge < -0.3 is 19.5 Å². The summed E-state index contributed by atoms with van der Waals surface area (Å²) in [5.41, 5.74) is -1.85. The van der Waals surface area contributed by atoms with Crippen molar-refractivity contribution >= 4 is 29.6 Å². The molecule has 1 heterocycles. The zero-order chi connectivity index (χ0) is 21.5. The molecule has 8 heteroatoms. The zero-order valence-electron chi connectivity index (χ0n) is 17.4. The average molecular weight is 386 g/mol. The maximum atomic E-state index is 12.6. The van der Waals surface area contributed by atoms with Crippen LogP contribution >= 0.6 is 0 Å². The molecule has 0 aliphatic rings. The predicted octanol–water partition coefficient (Wildman–Crippen LogP) is 2.55. The van der Waals surface area contributed by atoms with E-state index in [1.54, 1.807) is 66.7 Å². The third-order valence-electron chi connectivity index (χ3n) is 4.70. The molecule has 0 aliphatic carbocycles. The van der Waals surface area contributed by atoms with Gasteiger partial charge in [0.1, 0.15) is 5.60 Å². The number of fused-ring (bicyclic) bond motifs is 1. The Morgan fingerprint density at radius 2 is 1.79 bits per heavy atom. The largest absolute Gasteiger partial charge is 0.493 e. The van der Waals surface area contributed by atoms with Gasteiger partial charge in [0.15, 0.2) is 0 Å². The van der Waals surface area contributed by atoms with Crippen molar-refractivity contribution in [2.75, 3.05) is 0 Å². The van der Waals surface area contributed by atoms with E-state index in [0.29, 0.717) is 21.9 Å². The van der Waals surface area contributed by atoms with Gasteiger partial charge in [0.05, 0.1) is 28.4 Å². The Balaban J connectivity index is 2.56. The van der Waals surface area contributed by atoms with Crippen molar-refractivity contribution in [3.63, 3.8) is 0 Å². The minimum Gasteiger partial charge on any atom is -0.443 e. The fourth-order valence-corrected chi connectivity index (χ4v) is 2.47. The SMILES string of the molecule is CC(C)(C)OC(=O)n1cc(B(O)OC(C)(C)C(C)(C)O)c2cc(C#N)ccc21. The van der Waals surface area contributed by atoms with Crippen molar-refractivity contribution in [3.8, 4) is 6.07 Å². The molecule has 1 aromatic heterocycles. The van der Waals surface area contributed by atoms with E-state index in [0.717, 1.165) is 0 Å². The summed E-state index contributed by atoms with van der Waals surface area (Å²) in [6.07, 6.45) is 0.827. The van der Waals surface area contributed by atoms with Crippen LogP contribution in [0.5, 0.6) is 0 Å². The summed E-state index contributed by atoms with van der Waals surface area (Å²) >= 11 is 0. The van der Waals surface area contributed by atoms with Gasteiger partial charge in [-0.05, 0) is 66.7 Å². The molecule has 0 aliphatic heterocycles. The van der Waals surface area contributed by atoms with Crippen molar-refractivity contribution in [1.29, 1.82) is 5.26 Å². The van der Waals surface area contributed by atoms with Crippen LogP contribution in [0.15, 0.2) is 24.4 Å². The molecule has 7 nitrogen and oxygen atoms in total. The van der Waals surface area contributed by atoms with Crippen molar-refractivity contribution < 1.29 is 24.3 Å². The first-order valence-corrected chi connectivity index (χ1v) is 9.03. The van der Waals surface area contributed by atoms with Gasteiger partial charge in [0.2, 0.25) is 0 Å². The lowest BCUT2D eigenvalue weighted by atomic mass is 9.76. The van der Waals surface area contributed by atoms with Gasteiger partial charge >= 0.3 is 13.2 Å². The van der Waals surface area contributed by atoms with Gasteiger partial charge in [0, 0.05) is 17.0 Å². The average Bonchev–Trinajstić information content (AvgIpc) is 2.90. The normalized spacial score (nSPS) is 12.7. The highest BCUT2D eigenvalue weighted by atomic mass is 16.6. The molecule has 0 atom stereocenters. The fourth-order valence-electron chi connectivity index (χ4n) is 2.47. The molecular weight excluding hydrogens is 359 g/mol. The standard InChI is InChI=1S/C20H27BN2O5/c1-18(2,3)27-17(24)23-12-15(14-10-13(11-22)8-9-16(14)23)21(26)28-20(6,7)19(4,5)25/h8-10,12,25-26H,1-7H3. The third-order valence-corrected chi connectivity index (χ3v) is 4.70. The van der Waals surface area contributed by atoms with Crippen molar-refractivity contribution in [2.24, 2.45) is 0 Å². The lowest BCUT2D eigenvalue weighted by Gasteiger charge is -2.38. The number of ether oxygens (including phenoxy) is 1. The second kappa shape index (κ2) is 7.24. The molecule has 2 aromatic rings. The van der Waals surface area contributed by atoms with Crippen LogP contribution in [0.2, 0.25) is 0 Å². The van der Waals surface area contributed by atoms with Crippen LogP contribution in [0.4, 0.5) is 4.79 Å². The Bertz CT molecular complexity index is 929. The van der Waals surface area contributed by atoms with Crippen LogP contribution < -0.4 is 5.46 Å². The van der Waals surface area contributed by atoms with Crippen LogP contribution in [-0.4, -0.2) is 44.7 Å². The molecule has 28 heavy (non-hydrogen) atoms. The van der Waals surface area contributed by atoms with E-state index in [4.69, 9.17) is 9.39 Å². The minimum absolute atomic E-state index is 0.301. The van der Waals surface area contributed by atoms with Crippen molar-refractivity contribution in [1.82, 2.24) is 4.57 Å². The molecule has 0 amide bonds. The zero-order valence-corrected chi connectivity index (χ0v) is 17.4. The lowest BCUT2D eigenvalue weighted by Crippen LogP contribution is -2.53. The summed E-state index contributed by atoms with van der Waals surface area (Å²) in [4.78, 5) is 12.6. The molecule has 2 rings (SSSR count). The number of carbonyl (C=O) groups is 1. The molecule has 150 valence electrons. The molecule has 0 saturated heterocycles. The van der Waals surface area contributed by atoms with Crippen LogP contribution in [0.1, 0.15) is 54.0 Å². The monoisotopic (exact) mass is 386 g/mol. The Labute approximate surface area is 165 Å². The van der Waals surface area contributed by atoms with Crippen LogP contribution in [0.3, 0.4) is 0 Å². The number of hydrogen-bond acceptors (Lipinski definition) is 6. The van der Waals surface area contributed by atoms with Gasteiger partial charge in [-0.2, -0.15) is 5.26 Å². The van der Waals surface area contributed by atoms with Gasteiger partial charge in [-0.3, -0.25) is 4.57 Å². The highest BCUT2D eigenvalue weighted by Gasteiger charge is 2.40. The lowest BCUT2D eigenvalue weighted by molar-refractivity contribution is -0.0982. The first-order valence-electron chi connectivity index (χ1n) is 9.03. The number of aliphatic hydroxyl groups is 1. The topological polar surface area (TPSA) is 105 Å². The van der Waals surface area contributed by atoms with Gasteiger partial charge in [-0.15, -0.1) is 0 Å². The quantitative estimate of drug-likeness (QED) is 0.783. The Hall–Kier alpha value is -2.34. The third kappa shape index (κ3) is 4.55. The number of nitriles is 1. The Morgan fingerprint density at radius 3 is 2.29 bits per heavy atom. The molecule has 0 saturated carbocycles. The second-order valence-electron chi connectivity index (χ2n) is 8.82. The maximum Gasteiger partial charge on any atom is 0.493 e. The first-order chi connectivity index (χ1) is 12.7. The van der Waals surface area contributed by atoms with E-state index in [1.165, 1.54) is 10.8 Å². The number of rotatable bonds is 4. The Morgan fingerprint density at radius 1 is 1.18 bits per heavy atom. The summed E-state index contributed by atoms with van der Waals surface area (Å²) in [6, 6.07) is 6.83. The van der Waals surface area contributed by atoms with Crippen LogP contribution in [-0.2, 0) is 9.39 Å². The minimum atomic E-state index is -1.43. The van der Waals surface area contributed by atoms with Crippen LogP contribution in [0.25, 0.3) is 10.9 Å². The summed E-state index contributed by atoms with van der Waals surface area (Å²) in [5, 5.41) is 30.7. The number of hydrogen-bond donors (Lipinski definition) is 2. The van der Waals surface area contributed by atoms with E-state index in [2.05, 4.69) is 0 Å². The second-order valence-corrected chi connectivity index (χ2v) is 8.82. The fraction of sp³-hybridized carbons (Fsp3) is 0.500. The van der Waals surface area contributed by atoms with E-state index in [-0.39, 0.29) is 0 Å². The molecule has 0 bridgehead atoms. The van der Waals surface area contributed by atoms with E-state index in [9.17, 15) is 20.2 Å². The summed E-state index contributed by atoms with van der Waals surface area (Å²) in [5.74, 6) is 0. The van der Waals surface area contributed by atoms with E-state index in [1.807, 2.05) is 6.07 Å². The number of carbonyl (C=O) groups excluding carboxylic acids is 1. The predicted molar refractivity (Wildman–Crippen MR) is 107 cm³/mol. The smallest absolute Gasteiger partial charge is 0.443 e. The van der Waals surface area contributed by atoms with Crippen molar-refractivity contribution in [3.05, 3.63) is 30.0 Å². The Kier molecular flexibility index (Phi) is 5.68. The molecule has 2 N–H and O–H groups in total.